The lowest BCUT2D eigenvalue weighted by molar-refractivity contribution is -0.152. The van der Waals surface area contributed by atoms with Gasteiger partial charge in [-0.05, 0) is 19.4 Å². The Bertz CT molecular complexity index is 425. The number of rotatable bonds is 3. The molecule has 0 bridgehead atoms. The van der Waals surface area contributed by atoms with Gasteiger partial charge < -0.3 is 10.5 Å². The predicted molar refractivity (Wildman–Crippen MR) is 78.2 cm³/mol. The summed E-state index contributed by atoms with van der Waals surface area (Å²) < 4.78 is 5.92. The van der Waals surface area contributed by atoms with Crippen molar-refractivity contribution < 1.29 is 14.3 Å². The van der Waals surface area contributed by atoms with Crippen molar-refractivity contribution in [1.82, 2.24) is 4.90 Å². The zero-order valence-corrected chi connectivity index (χ0v) is 13.2. The quantitative estimate of drug-likeness (QED) is 0.340. The Morgan fingerprint density at radius 1 is 1.67 bits per heavy atom. The summed E-state index contributed by atoms with van der Waals surface area (Å²) >= 11 is 3.80. The van der Waals surface area contributed by atoms with Gasteiger partial charge in [0, 0.05) is 10.2 Å². The number of nitrogens with two attached hydrogens (primary N) is 1. The number of β-lactam (4-membered cyclic amide) rings is 1. The molecule has 2 heterocycles. The molecule has 2 rings (SSSR count). The molecule has 0 aromatic rings. The highest BCUT2D eigenvalue weighted by Gasteiger charge is 2.51. The number of hydrogen-bond donors (Lipinski definition) is 1. The Labute approximate surface area is 124 Å². The number of fused-ring (bicyclic) bond motifs is 1. The monoisotopic (exact) mass is 382 g/mol. The normalized spacial score (nSPS) is 27.2. The third-order valence-corrected chi connectivity index (χ3v) is 5.07. The first kappa shape index (κ1) is 14.1. The Morgan fingerprint density at radius 2 is 2.33 bits per heavy atom. The van der Waals surface area contributed by atoms with Crippen molar-refractivity contribution in [2.45, 2.75) is 31.4 Å². The fourth-order valence-electron chi connectivity index (χ4n) is 1.94. The summed E-state index contributed by atoms with van der Waals surface area (Å²) in [6.45, 7) is 3.59. The summed E-state index contributed by atoms with van der Waals surface area (Å²) in [4.78, 5) is 25.4. The number of esters is 1. The third-order valence-electron chi connectivity index (χ3n) is 2.79. The minimum atomic E-state index is -0.493. The van der Waals surface area contributed by atoms with Gasteiger partial charge in [-0.3, -0.25) is 9.69 Å². The van der Waals surface area contributed by atoms with Gasteiger partial charge in [-0.15, -0.1) is 11.8 Å². The molecule has 5 nitrogen and oxygen atoms in total. The number of amides is 1. The molecule has 0 aromatic carbocycles. The number of ether oxygens (including phenoxy) is 1. The molecule has 2 atom stereocenters. The summed E-state index contributed by atoms with van der Waals surface area (Å²) in [6, 6.07) is -0.493. The van der Waals surface area contributed by atoms with Gasteiger partial charge in [0.25, 0.3) is 0 Å². The maximum Gasteiger partial charge on any atom is 0.355 e. The van der Waals surface area contributed by atoms with E-state index in [2.05, 4.69) is 22.6 Å². The average Bonchev–Trinajstić information content (AvgIpc) is 2.35. The fourth-order valence-corrected chi connectivity index (χ4v) is 4.23. The first-order chi connectivity index (χ1) is 8.47. The molecular weight excluding hydrogens is 367 g/mol. The smallest absolute Gasteiger partial charge is 0.355 e. The molecule has 100 valence electrons. The van der Waals surface area contributed by atoms with Crippen LogP contribution < -0.4 is 5.73 Å². The number of hydrogen-bond acceptors (Lipinski definition) is 5. The topological polar surface area (TPSA) is 72.6 Å². The lowest BCUT2D eigenvalue weighted by Gasteiger charge is -2.48. The Morgan fingerprint density at radius 3 is 2.89 bits per heavy atom. The van der Waals surface area contributed by atoms with E-state index in [1.807, 2.05) is 0 Å². The standard InChI is InChI=1S/C11H15IN2O3S/c1-5(2)17-11(16)8-6(3-12)4-18-10-7(13)9(15)14(8)10/h5,7,10H,3-4,13H2,1-2H3/t7?,10-/m0/s1. The van der Waals surface area contributed by atoms with Crippen LogP contribution in [0.1, 0.15) is 13.8 Å². The van der Waals surface area contributed by atoms with Gasteiger partial charge in [-0.1, -0.05) is 22.6 Å². The van der Waals surface area contributed by atoms with E-state index in [4.69, 9.17) is 10.5 Å². The summed E-state index contributed by atoms with van der Waals surface area (Å²) in [5, 5.41) is -0.112. The highest BCUT2D eigenvalue weighted by molar-refractivity contribution is 14.1. The number of carbonyl (C=O) groups excluding carboxylic acids is 2. The lowest BCUT2D eigenvalue weighted by atomic mass is 10.0. The van der Waals surface area contributed by atoms with Crippen LogP contribution in [0, 0.1) is 0 Å². The second-order valence-electron chi connectivity index (χ2n) is 4.48. The molecule has 2 aliphatic rings. The van der Waals surface area contributed by atoms with Gasteiger partial charge in [0.1, 0.15) is 17.1 Å². The number of carbonyl (C=O) groups is 2. The molecule has 1 unspecified atom stereocenters. The Balaban J connectivity index is 2.29. The average molecular weight is 382 g/mol. The number of nitrogens with zero attached hydrogens (tertiary/aromatic N) is 1. The summed E-state index contributed by atoms with van der Waals surface area (Å²) in [5.41, 5.74) is 7.10. The van der Waals surface area contributed by atoms with E-state index in [9.17, 15) is 9.59 Å². The molecule has 0 saturated carbocycles. The summed E-state index contributed by atoms with van der Waals surface area (Å²) in [6.07, 6.45) is -0.196. The van der Waals surface area contributed by atoms with Crippen molar-refractivity contribution in [3.05, 3.63) is 11.3 Å². The van der Waals surface area contributed by atoms with Gasteiger partial charge in [-0.2, -0.15) is 0 Å². The fraction of sp³-hybridized carbons (Fsp3) is 0.636. The minimum absolute atomic E-state index is 0.112. The molecule has 1 fully saturated rings. The summed E-state index contributed by atoms with van der Waals surface area (Å²) in [5.74, 6) is 0.126. The van der Waals surface area contributed by atoms with E-state index in [0.717, 1.165) is 11.3 Å². The number of halogens is 1. The second-order valence-corrected chi connectivity index (χ2v) is 6.34. The van der Waals surface area contributed by atoms with Crippen molar-refractivity contribution in [2.24, 2.45) is 5.73 Å². The van der Waals surface area contributed by atoms with Crippen LogP contribution in [0.15, 0.2) is 11.3 Å². The van der Waals surface area contributed by atoms with Gasteiger partial charge in [-0.25, -0.2) is 4.79 Å². The van der Waals surface area contributed by atoms with E-state index < -0.39 is 12.0 Å². The molecule has 0 spiro atoms. The van der Waals surface area contributed by atoms with Gasteiger partial charge in [0.2, 0.25) is 5.91 Å². The van der Waals surface area contributed by atoms with Crippen molar-refractivity contribution >= 4 is 46.2 Å². The Hall–Kier alpha value is -0.280. The molecule has 2 N–H and O–H groups in total. The molecule has 18 heavy (non-hydrogen) atoms. The van der Waals surface area contributed by atoms with E-state index >= 15 is 0 Å². The first-order valence-corrected chi connectivity index (χ1v) is 8.24. The molecule has 2 aliphatic heterocycles. The summed E-state index contributed by atoms with van der Waals surface area (Å²) in [7, 11) is 0. The van der Waals surface area contributed by atoms with Gasteiger partial charge in [0.05, 0.1) is 6.10 Å². The molecular formula is C11H15IN2O3S. The molecule has 0 radical (unpaired) electrons. The SMILES string of the molecule is CC(C)OC(=O)C1=C(CI)CS[C@H]2C(N)C(=O)N12. The molecule has 1 amide bonds. The highest BCUT2D eigenvalue weighted by atomic mass is 127. The van der Waals surface area contributed by atoms with Crippen LogP contribution >= 0.6 is 34.4 Å². The number of alkyl halides is 1. The van der Waals surface area contributed by atoms with Crippen LogP contribution in [0.3, 0.4) is 0 Å². The van der Waals surface area contributed by atoms with Crippen LogP contribution in [0.25, 0.3) is 0 Å². The van der Waals surface area contributed by atoms with Gasteiger partial charge >= 0.3 is 5.97 Å². The lowest BCUT2D eigenvalue weighted by Crippen LogP contribution is -2.68. The van der Waals surface area contributed by atoms with E-state index in [-0.39, 0.29) is 17.4 Å². The molecule has 0 aromatic heterocycles. The third kappa shape index (κ3) is 2.27. The van der Waals surface area contributed by atoms with Crippen molar-refractivity contribution in [2.75, 3.05) is 10.2 Å². The van der Waals surface area contributed by atoms with E-state index in [1.165, 1.54) is 4.90 Å². The zero-order valence-electron chi connectivity index (χ0n) is 10.2. The van der Waals surface area contributed by atoms with Crippen molar-refractivity contribution in [1.29, 1.82) is 0 Å². The van der Waals surface area contributed by atoms with Crippen LogP contribution in [0.4, 0.5) is 0 Å². The molecule has 7 heteroatoms. The zero-order chi connectivity index (χ0) is 13.4. The largest absolute Gasteiger partial charge is 0.458 e. The molecule has 1 saturated heterocycles. The van der Waals surface area contributed by atoms with Crippen molar-refractivity contribution in [3.8, 4) is 0 Å². The second kappa shape index (κ2) is 5.38. The van der Waals surface area contributed by atoms with Crippen LogP contribution in [0.5, 0.6) is 0 Å². The van der Waals surface area contributed by atoms with Crippen LogP contribution in [-0.2, 0) is 14.3 Å². The van der Waals surface area contributed by atoms with E-state index in [1.54, 1.807) is 25.6 Å². The van der Waals surface area contributed by atoms with E-state index in [0.29, 0.717) is 10.1 Å². The maximum absolute atomic E-state index is 12.1. The highest BCUT2D eigenvalue weighted by Crippen LogP contribution is 2.40. The maximum atomic E-state index is 12.1. The Kier molecular flexibility index (Phi) is 4.22. The predicted octanol–water partition coefficient (Wildman–Crippen LogP) is 0.869. The first-order valence-electron chi connectivity index (χ1n) is 5.66. The number of thioether (sulfide) groups is 1. The van der Waals surface area contributed by atoms with Crippen LogP contribution in [-0.4, -0.2) is 44.5 Å². The van der Waals surface area contributed by atoms with Crippen LogP contribution in [0.2, 0.25) is 0 Å². The van der Waals surface area contributed by atoms with Crippen molar-refractivity contribution in [3.63, 3.8) is 0 Å². The van der Waals surface area contributed by atoms with Gasteiger partial charge in [0.15, 0.2) is 0 Å². The molecule has 0 aliphatic carbocycles. The minimum Gasteiger partial charge on any atom is -0.458 e.